The molecule has 1 aromatic rings. The third kappa shape index (κ3) is 4.76. The second-order valence-corrected chi connectivity index (χ2v) is 6.83. The number of rotatable bonds is 5. The molecule has 3 N–H and O–H groups in total. The average molecular weight is 348 g/mol. The molecule has 2 aliphatic rings. The molecular formula is C18H25FN4O2. The highest BCUT2D eigenvalue weighted by Gasteiger charge is 2.29. The van der Waals surface area contributed by atoms with Crippen molar-refractivity contribution < 1.29 is 14.4 Å². The van der Waals surface area contributed by atoms with Crippen LogP contribution in [0.25, 0.3) is 6.08 Å². The van der Waals surface area contributed by atoms with E-state index in [0.29, 0.717) is 11.6 Å². The molecule has 1 aliphatic heterocycles. The van der Waals surface area contributed by atoms with Crippen LogP contribution in [0.5, 0.6) is 0 Å². The van der Waals surface area contributed by atoms with Gasteiger partial charge in [-0.05, 0) is 43.0 Å². The first-order valence-corrected chi connectivity index (χ1v) is 8.94. The van der Waals surface area contributed by atoms with Crippen molar-refractivity contribution in [3.05, 3.63) is 29.7 Å². The largest absolute Gasteiger partial charge is 0.366 e. The monoisotopic (exact) mass is 348 g/mol. The second kappa shape index (κ2) is 8.40. The molecule has 1 amide bonds. The number of hydrogen-bond donors (Lipinski definition) is 3. The minimum absolute atomic E-state index is 0.382. The third-order valence-electron chi connectivity index (χ3n) is 5.06. The van der Waals surface area contributed by atoms with Crippen LogP contribution in [-0.4, -0.2) is 46.2 Å². The molecule has 25 heavy (non-hydrogen) atoms. The van der Waals surface area contributed by atoms with Crippen molar-refractivity contribution in [2.45, 2.75) is 50.6 Å². The van der Waals surface area contributed by atoms with Crippen LogP contribution in [0.2, 0.25) is 0 Å². The van der Waals surface area contributed by atoms with Gasteiger partial charge in [0.25, 0.3) is 0 Å². The molecule has 0 radical (unpaired) electrons. The molecule has 1 aliphatic carbocycles. The molecule has 0 unspecified atom stereocenters. The van der Waals surface area contributed by atoms with Gasteiger partial charge in [0.15, 0.2) is 5.83 Å². The van der Waals surface area contributed by atoms with Crippen molar-refractivity contribution in [3.63, 3.8) is 0 Å². The first-order valence-electron chi connectivity index (χ1n) is 8.94. The van der Waals surface area contributed by atoms with Gasteiger partial charge in [0.1, 0.15) is 5.82 Å². The molecule has 0 spiro atoms. The summed E-state index contributed by atoms with van der Waals surface area (Å²) in [6.07, 6.45) is 10.3. The molecule has 1 aromatic heterocycles. The number of likely N-dealkylation sites (tertiary alicyclic amines) is 1. The van der Waals surface area contributed by atoms with Crippen LogP contribution >= 0.6 is 0 Å². The summed E-state index contributed by atoms with van der Waals surface area (Å²) >= 11 is 0. The fourth-order valence-electron chi connectivity index (χ4n) is 3.73. The summed E-state index contributed by atoms with van der Waals surface area (Å²) in [7, 11) is 0. The molecule has 1 saturated heterocycles. The van der Waals surface area contributed by atoms with Gasteiger partial charge >= 0.3 is 5.91 Å². The van der Waals surface area contributed by atoms with Crippen molar-refractivity contribution in [3.8, 4) is 0 Å². The molecule has 7 heteroatoms. The lowest BCUT2D eigenvalue weighted by molar-refractivity contribution is -0.126. The van der Waals surface area contributed by atoms with E-state index >= 15 is 0 Å². The van der Waals surface area contributed by atoms with Crippen LogP contribution < -0.4 is 10.8 Å². The van der Waals surface area contributed by atoms with Gasteiger partial charge in [0.2, 0.25) is 0 Å². The Balaban J connectivity index is 1.53. The molecule has 6 nitrogen and oxygen atoms in total. The Hall–Kier alpha value is -1.99. The van der Waals surface area contributed by atoms with E-state index in [1.807, 2.05) is 0 Å². The molecule has 2 heterocycles. The van der Waals surface area contributed by atoms with Crippen LogP contribution in [0.3, 0.4) is 0 Å². The zero-order chi connectivity index (χ0) is 17.6. The summed E-state index contributed by atoms with van der Waals surface area (Å²) < 4.78 is 13.4. The maximum Gasteiger partial charge on any atom is 0.303 e. The Labute approximate surface area is 147 Å². The lowest BCUT2D eigenvalue weighted by Crippen LogP contribution is -2.36. The Kier molecular flexibility index (Phi) is 5.99. The number of anilines is 1. The van der Waals surface area contributed by atoms with E-state index in [9.17, 15) is 9.18 Å². The first-order chi connectivity index (χ1) is 12.2. The van der Waals surface area contributed by atoms with Crippen molar-refractivity contribution in [1.82, 2.24) is 15.4 Å². The predicted molar refractivity (Wildman–Crippen MR) is 93.7 cm³/mol. The maximum absolute atomic E-state index is 13.4. The van der Waals surface area contributed by atoms with E-state index in [2.05, 4.69) is 15.2 Å². The van der Waals surface area contributed by atoms with Gasteiger partial charge in [-0.15, -0.1) is 0 Å². The molecular weight excluding hydrogens is 323 g/mol. The molecule has 1 saturated carbocycles. The van der Waals surface area contributed by atoms with E-state index in [-0.39, 0.29) is 0 Å². The van der Waals surface area contributed by atoms with Gasteiger partial charge in [-0.25, -0.2) is 14.9 Å². The minimum Gasteiger partial charge on any atom is -0.366 e. The van der Waals surface area contributed by atoms with E-state index in [1.165, 1.54) is 43.8 Å². The fraction of sp³-hybridized carbons (Fsp3) is 0.556. The fourth-order valence-corrected chi connectivity index (χ4v) is 3.73. The third-order valence-corrected chi connectivity index (χ3v) is 5.06. The average Bonchev–Trinajstić information content (AvgIpc) is 3.12. The number of halogens is 1. The Morgan fingerprint density at radius 1 is 1.28 bits per heavy atom. The quantitative estimate of drug-likeness (QED) is 0.433. The number of hydroxylamine groups is 1. The van der Waals surface area contributed by atoms with Crippen molar-refractivity contribution >= 4 is 17.8 Å². The number of hydrogen-bond acceptors (Lipinski definition) is 5. The summed E-state index contributed by atoms with van der Waals surface area (Å²) in [6, 6.07) is 4.58. The van der Waals surface area contributed by atoms with E-state index in [1.54, 1.807) is 12.1 Å². The molecule has 2 fully saturated rings. The van der Waals surface area contributed by atoms with Crippen LogP contribution in [-0.2, 0) is 4.79 Å². The van der Waals surface area contributed by atoms with Crippen LogP contribution in [0.1, 0.15) is 44.1 Å². The number of nitrogens with zero attached hydrogens (tertiary/aromatic N) is 2. The Bertz CT molecular complexity index is 614. The van der Waals surface area contributed by atoms with Gasteiger partial charge in [-0.3, -0.25) is 14.9 Å². The Morgan fingerprint density at radius 2 is 2.08 bits per heavy atom. The SMILES string of the molecule is O=C(NO)C(F)=Cc1ccc(N[C@@H]2CCN(C3CCCCC3)C2)nc1. The molecule has 0 aromatic carbocycles. The lowest BCUT2D eigenvalue weighted by Gasteiger charge is -2.31. The van der Waals surface area contributed by atoms with Gasteiger partial charge in [0, 0.05) is 31.4 Å². The van der Waals surface area contributed by atoms with Gasteiger partial charge < -0.3 is 5.32 Å². The molecule has 136 valence electrons. The predicted octanol–water partition coefficient (Wildman–Crippen LogP) is 2.72. The lowest BCUT2D eigenvalue weighted by atomic mass is 9.94. The van der Waals surface area contributed by atoms with Crippen LogP contribution in [0.4, 0.5) is 10.2 Å². The zero-order valence-corrected chi connectivity index (χ0v) is 14.2. The minimum atomic E-state index is -1.17. The summed E-state index contributed by atoms with van der Waals surface area (Å²) in [5.74, 6) is -1.49. The smallest absolute Gasteiger partial charge is 0.303 e. The highest BCUT2D eigenvalue weighted by atomic mass is 19.1. The normalized spacial score (nSPS) is 22.8. The van der Waals surface area contributed by atoms with Crippen molar-refractivity contribution in [2.24, 2.45) is 0 Å². The van der Waals surface area contributed by atoms with E-state index in [4.69, 9.17) is 5.21 Å². The van der Waals surface area contributed by atoms with Gasteiger partial charge in [0.05, 0.1) is 0 Å². The number of carbonyl (C=O) groups excluding carboxylic acids is 1. The highest BCUT2D eigenvalue weighted by molar-refractivity contribution is 5.94. The topological polar surface area (TPSA) is 77.5 Å². The van der Waals surface area contributed by atoms with Crippen LogP contribution in [0.15, 0.2) is 24.2 Å². The summed E-state index contributed by atoms with van der Waals surface area (Å²) in [5.41, 5.74) is 1.72. The molecule has 1 atom stereocenters. The van der Waals surface area contributed by atoms with Gasteiger partial charge in [-0.2, -0.15) is 0 Å². The maximum atomic E-state index is 13.4. The van der Waals surface area contributed by atoms with Crippen molar-refractivity contribution in [2.75, 3.05) is 18.4 Å². The first kappa shape index (κ1) is 17.8. The zero-order valence-electron chi connectivity index (χ0n) is 14.2. The Morgan fingerprint density at radius 3 is 2.76 bits per heavy atom. The second-order valence-electron chi connectivity index (χ2n) is 6.83. The highest BCUT2D eigenvalue weighted by Crippen LogP contribution is 2.26. The summed E-state index contributed by atoms with van der Waals surface area (Å²) in [6.45, 7) is 2.17. The number of pyridine rings is 1. The molecule has 0 bridgehead atoms. The van der Waals surface area contributed by atoms with Crippen LogP contribution in [0, 0.1) is 0 Å². The summed E-state index contributed by atoms with van der Waals surface area (Å²) in [5, 5.41) is 11.8. The van der Waals surface area contributed by atoms with Crippen molar-refractivity contribution in [1.29, 1.82) is 0 Å². The standard InChI is InChI=1S/C18H25FN4O2/c19-16(18(24)22-25)10-13-6-7-17(20-11-13)21-14-8-9-23(12-14)15-4-2-1-3-5-15/h6-7,10-11,14-15,25H,1-5,8-9,12H2,(H,20,21)(H,22,24)/t14-/m1/s1. The number of amides is 1. The number of aromatic nitrogens is 1. The number of carbonyl (C=O) groups is 1. The number of nitrogens with one attached hydrogen (secondary N) is 2. The molecule has 3 rings (SSSR count). The van der Waals surface area contributed by atoms with E-state index in [0.717, 1.165) is 37.4 Å². The van der Waals surface area contributed by atoms with Gasteiger partial charge in [-0.1, -0.05) is 19.3 Å². The van der Waals surface area contributed by atoms with E-state index < -0.39 is 11.7 Å². The summed E-state index contributed by atoms with van der Waals surface area (Å²) in [4.78, 5) is 17.8.